The molecule has 1 aliphatic rings. The van der Waals surface area contributed by atoms with Gasteiger partial charge < -0.3 is 25.3 Å². The molecule has 31 heavy (non-hydrogen) atoms. The van der Waals surface area contributed by atoms with Crippen LogP contribution < -0.4 is 15.9 Å². The number of nitrogen functional groups attached to an aromatic ring is 1. The molecule has 2 aromatic heterocycles. The molecule has 1 aliphatic heterocycles. The minimum absolute atomic E-state index is 0.0976. The van der Waals surface area contributed by atoms with Crippen LogP contribution in [0.15, 0.2) is 36.8 Å². The van der Waals surface area contributed by atoms with Crippen LogP contribution in [0.3, 0.4) is 0 Å². The number of fused-ring (bicyclic) bond motifs is 2. The van der Waals surface area contributed by atoms with Gasteiger partial charge in [0.15, 0.2) is 6.23 Å². The van der Waals surface area contributed by atoms with E-state index in [0.29, 0.717) is 22.4 Å². The maximum atomic E-state index is 9.72. The molecule has 1 unspecified atom stereocenters. The van der Waals surface area contributed by atoms with Gasteiger partial charge in [-0.25, -0.2) is 14.6 Å². The van der Waals surface area contributed by atoms with E-state index in [1.54, 1.807) is 18.3 Å². The highest BCUT2D eigenvalue weighted by Crippen LogP contribution is 2.38. The molecule has 4 N–H and O–H groups in total. The SMILES string of the molecule is Cc1ccc2c(cnn2C2CCCCO2)c1Oc1cc(B(O)O)cc2ncnc(N)c12. The Hall–Kier alpha value is -3.21. The molecule has 0 amide bonds. The Morgan fingerprint density at radius 1 is 1.23 bits per heavy atom. The monoisotopic (exact) mass is 419 g/mol. The Kier molecular flexibility index (Phi) is 4.97. The van der Waals surface area contributed by atoms with E-state index < -0.39 is 7.12 Å². The molecule has 9 nitrogen and oxygen atoms in total. The lowest BCUT2D eigenvalue weighted by molar-refractivity contribution is -0.0366. The molecule has 0 bridgehead atoms. The van der Waals surface area contributed by atoms with Gasteiger partial charge in [-0.1, -0.05) is 6.07 Å². The van der Waals surface area contributed by atoms with Crippen molar-refractivity contribution in [2.24, 2.45) is 0 Å². The molecule has 1 atom stereocenters. The van der Waals surface area contributed by atoms with Gasteiger partial charge in [0.1, 0.15) is 23.6 Å². The van der Waals surface area contributed by atoms with Crippen LogP contribution in [0.5, 0.6) is 11.5 Å². The first-order valence-electron chi connectivity index (χ1n) is 10.2. The van der Waals surface area contributed by atoms with Crippen LogP contribution in [0.2, 0.25) is 0 Å². The minimum Gasteiger partial charge on any atom is -0.455 e. The van der Waals surface area contributed by atoms with E-state index in [1.807, 2.05) is 23.7 Å². The second kappa shape index (κ2) is 7.80. The van der Waals surface area contributed by atoms with Crippen molar-refractivity contribution < 1.29 is 19.5 Å². The van der Waals surface area contributed by atoms with Crippen molar-refractivity contribution in [3.05, 3.63) is 42.4 Å². The topological polar surface area (TPSA) is 129 Å². The molecule has 0 radical (unpaired) electrons. The smallest absolute Gasteiger partial charge is 0.455 e. The summed E-state index contributed by atoms with van der Waals surface area (Å²) in [5.41, 5.74) is 8.61. The van der Waals surface area contributed by atoms with Crippen LogP contribution >= 0.6 is 0 Å². The summed E-state index contributed by atoms with van der Waals surface area (Å²) in [4.78, 5) is 8.27. The summed E-state index contributed by atoms with van der Waals surface area (Å²) < 4.78 is 14.1. The normalized spacial score (nSPS) is 16.7. The summed E-state index contributed by atoms with van der Waals surface area (Å²) in [6.45, 7) is 2.67. The van der Waals surface area contributed by atoms with Crippen LogP contribution in [0.25, 0.3) is 21.8 Å². The Labute approximate surface area is 178 Å². The van der Waals surface area contributed by atoms with Gasteiger partial charge in [-0.15, -0.1) is 0 Å². The van der Waals surface area contributed by atoms with Crippen LogP contribution in [0.4, 0.5) is 5.82 Å². The molecule has 1 fully saturated rings. The summed E-state index contributed by atoms with van der Waals surface area (Å²) in [6, 6.07) is 7.06. The van der Waals surface area contributed by atoms with Crippen molar-refractivity contribution in [1.29, 1.82) is 0 Å². The van der Waals surface area contributed by atoms with Crippen LogP contribution in [0.1, 0.15) is 31.1 Å². The molecule has 1 saturated heterocycles. The third-order valence-corrected chi connectivity index (χ3v) is 5.62. The Balaban J connectivity index is 1.65. The second-order valence-electron chi connectivity index (χ2n) is 7.70. The number of ether oxygens (including phenoxy) is 2. The van der Waals surface area contributed by atoms with Crippen LogP contribution in [-0.2, 0) is 4.74 Å². The highest BCUT2D eigenvalue weighted by atomic mass is 16.5. The lowest BCUT2D eigenvalue weighted by atomic mass is 9.79. The van der Waals surface area contributed by atoms with Gasteiger partial charge in [-0.05, 0) is 55.4 Å². The average molecular weight is 419 g/mol. The summed E-state index contributed by atoms with van der Waals surface area (Å²) in [7, 11) is -1.67. The first kappa shape index (κ1) is 19.7. The molecule has 0 saturated carbocycles. The summed E-state index contributed by atoms with van der Waals surface area (Å²) in [6.07, 6.45) is 6.07. The van der Waals surface area contributed by atoms with Crippen LogP contribution in [0, 0.1) is 6.92 Å². The fourth-order valence-electron chi connectivity index (χ4n) is 4.02. The Morgan fingerprint density at radius 2 is 2.10 bits per heavy atom. The van der Waals surface area contributed by atoms with Gasteiger partial charge >= 0.3 is 7.12 Å². The zero-order chi connectivity index (χ0) is 21.5. The molecule has 5 rings (SSSR count). The predicted molar refractivity (Wildman–Crippen MR) is 117 cm³/mol. The van der Waals surface area contributed by atoms with Crippen molar-refractivity contribution in [1.82, 2.24) is 19.7 Å². The summed E-state index contributed by atoms with van der Waals surface area (Å²) in [5, 5.41) is 25.3. The van der Waals surface area contributed by atoms with Gasteiger partial charge in [-0.3, -0.25) is 0 Å². The molecule has 10 heteroatoms. The van der Waals surface area contributed by atoms with Gasteiger partial charge in [0.2, 0.25) is 0 Å². The number of rotatable bonds is 4. The number of nitrogens with two attached hydrogens (primary N) is 1. The number of nitrogens with zero attached hydrogens (tertiary/aromatic N) is 4. The van der Waals surface area contributed by atoms with E-state index >= 15 is 0 Å². The minimum atomic E-state index is -1.67. The third kappa shape index (κ3) is 3.48. The number of anilines is 1. The van der Waals surface area contributed by atoms with Crippen molar-refractivity contribution in [3.63, 3.8) is 0 Å². The van der Waals surface area contributed by atoms with Gasteiger partial charge in [0.05, 0.1) is 28.0 Å². The largest absolute Gasteiger partial charge is 0.488 e. The van der Waals surface area contributed by atoms with Gasteiger partial charge in [0, 0.05) is 6.61 Å². The molecule has 2 aromatic carbocycles. The first-order valence-corrected chi connectivity index (χ1v) is 10.2. The maximum absolute atomic E-state index is 9.72. The highest BCUT2D eigenvalue weighted by Gasteiger charge is 2.22. The molecule has 4 aromatic rings. The zero-order valence-corrected chi connectivity index (χ0v) is 17.0. The van der Waals surface area contributed by atoms with Crippen molar-refractivity contribution in [2.75, 3.05) is 12.3 Å². The number of hydrogen-bond acceptors (Lipinski definition) is 8. The number of benzene rings is 2. The van der Waals surface area contributed by atoms with Gasteiger partial charge in [0.25, 0.3) is 0 Å². The molecule has 0 spiro atoms. The second-order valence-corrected chi connectivity index (χ2v) is 7.70. The van der Waals surface area contributed by atoms with Crippen LogP contribution in [-0.4, -0.2) is 43.5 Å². The summed E-state index contributed by atoms with van der Waals surface area (Å²) >= 11 is 0. The van der Waals surface area contributed by atoms with Crippen molar-refractivity contribution >= 4 is 40.2 Å². The van der Waals surface area contributed by atoms with E-state index in [9.17, 15) is 10.0 Å². The first-order chi connectivity index (χ1) is 15.0. The van der Waals surface area contributed by atoms with E-state index in [1.165, 1.54) is 6.33 Å². The van der Waals surface area contributed by atoms with Gasteiger partial charge in [-0.2, -0.15) is 5.10 Å². The lowest BCUT2D eigenvalue weighted by Gasteiger charge is -2.23. The summed E-state index contributed by atoms with van der Waals surface area (Å²) in [5.74, 6) is 1.19. The van der Waals surface area contributed by atoms with E-state index in [4.69, 9.17) is 15.2 Å². The fraction of sp³-hybridized carbons (Fsp3) is 0.286. The molecule has 3 heterocycles. The zero-order valence-electron chi connectivity index (χ0n) is 17.0. The number of hydrogen-bond donors (Lipinski definition) is 3. The molecular weight excluding hydrogens is 397 g/mol. The standard InChI is InChI=1S/C21H22BN5O4/c1-12-5-6-16-14(10-26-27(16)18-4-2-3-7-30-18)20(12)31-17-9-13(22(28)29)8-15-19(17)21(23)25-11-24-15/h5-6,8-11,18,28-29H,2-4,7H2,1H3,(H2,23,24,25). The average Bonchev–Trinajstić information content (AvgIpc) is 3.20. The highest BCUT2D eigenvalue weighted by molar-refractivity contribution is 6.59. The van der Waals surface area contributed by atoms with E-state index in [-0.39, 0.29) is 17.5 Å². The number of aryl methyl sites for hydroxylation is 1. The predicted octanol–water partition coefficient (Wildman–Crippen LogP) is 2.04. The van der Waals surface area contributed by atoms with E-state index in [0.717, 1.165) is 42.3 Å². The quantitative estimate of drug-likeness (QED) is 0.429. The fourth-order valence-corrected chi connectivity index (χ4v) is 4.02. The Morgan fingerprint density at radius 3 is 2.87 bits per heavy atom. The van der Waals surface area contributed by atoms with Crippen molar-refractivity contribution in [2.45, 2.75) is 32.4 Å². The molecule has 0 aliphatic carbocycles. The Bertz CT molecular complexity index is 1270. The maximum Gasteiger partial charge on any atom is 0.488 e. The lowest BCUT2D eigenvalue weighted by Crippen LogP contribution is -2.29. The van der Waals surface area contributed by atoms with E-state index in [2.05, 4.69) is 15.1 Å². The molecule has 158 valence electrons. The van der Waals surface area contributed by atoms with Crippen molar-refractivity contribution in [3.8, 4) is 11.5 Å². The third-order valence-electron chi connectivity index (χ3n) is 5.62. The number of aromatic nitrogens is 4. The molecular formula is C21H22BN5O4.